The van der Waals surface area contributed by atoms with Gasteiger partial charge in [0.1, 0.15) is 6.61 Å². The lowest BCUT2D eigenvalue weighted by atomic mass is 10.2. The number of rotatable bonds is 5. The fraction of sp³-hybridized carbons (Fsp3) is 1.00. The molecule has 0 aliphatic carbocycles. The van der Waals surface area contributed by atoms with Crippen LogP contribution in [0.1, 0.15) is 25.7 Å². The van der Waals surface area contributed by atoms with E-state index >= 15 is 0 Å². The summed E-state index contributed by atoms with van der Waals surface area (Å²) in [4.78, 5) is 0. The highest BCUT2D eigenvalue weighted by molar-refractivity contribution is 4.63. The molecule has 0 bridgehead atoms. The predicted molar refractivity (Wildman–Crippen MR) is 46.2 cm³/mol. The molecule has 1 heterocycles. The quantitative estimate of drug-likeness (QED) is 0.748. The van der Waals surface area contributed by atoms with E-state index in [4.69, 9.17) is 14.6 Å². The smallest absolute Gasteiger partial charge is 0.272 e. The van der Waals surface area contributed by atoms with Gasteiger partial charge in [0.2, 0.25) is 0 Å². The molecule has 0 radical (unpaired) electrons. The Balaban J connectivity index is 2.08. The highest BCUT2D eigenvalue weighted by atomic mass is 19.3. The van der Waals surface area contributed by atoms with Gasteiger partial charge >= 0.3 is 0 Å². The van der Waals surface area contributed by atoms with Gasteiger partial charge in [-0.15, -0.1) is 0 Å². The Morgan fingerprint density at radius 3 is 2.79 bits per heavy atom. The van der Waals surface area contributed by atoms with Crippen molar-refractivity contribution >= 4 is 0 Å². The van der Waals surface area contributed by atoms with E-state index < -0.39 is 19.0 Å². The first kappa shape index (κ1) is 11.8. The molecule has 5 heteroatoms. The second kappa shape index (κ2) is 5.58. The SMILES string of the molecule is OCC(F)(F)CCOC1CCCCO1. The molecule has 3 nitrogen and oxygen atoms in total. The summed E-state index contributed by atoms with van der Waals surface area (Å²) < 4.78 is 35.4. The van der Waals surface area contributed by atoms with E-state index in [1.165, 1.54) is 0 Å². The number of ether oxygens (including phenoxy) is 2. The molecule has 1 aliphatic rings. The maximum atomic E-state index is 12.5. The molecule has 1 unspecified atom stereocenters. The van der Waals surface area contributed by atoms with Crippen LogP contribution in [0.4, 0.5) is 8.78 Å². The predicted octanol–water partition coefficient (Wildman–Crippen LogP) is 1.55. The first-order chi connectivity index (χ1) is 6.64. The zero-order chi connectivity index (χ0) is 10.4. The Bertz CT molecular complexity index is 158. The molecule has 1 aliphatic heterocycles. The van der Waals surface area contributed by atoms with E-state index in [0.717, 1.165) is 19.3 Å². The maximum absolute atomic E-state index is 12.5. The topological polar surface area (TPSA) is 38.7 Å². The van der Waals surface area contributed by atoms with Crippen LogP contribution in [0.25, 0.3) is 0 Å². The Kier molecular flexibility index (Phi) is 4.71. The van der Waals surface area contributed by atoms with Crippen LogP contribution >= 0.6 is 0 Å². The van der Waals surface area contributed by atoms with Crippen molar-refractivity contribution in [1.29, 1.82) is 0 Å². The standard InChI is InChI=1S/C9H16F2O3/c10-9(11,7-12)4-6-14-8-3-1-2-5-13-8/h8,12H,1-7H2. The summed E-state index contributed by atoms with van der Waals surface area (Å²) in [5.74, 6) is -3.03. The molecule has 0 saturated carbocycles. The van der Waals surface area contributed by atoms with Crippen LogP contribution in [0.3, 0.4) is 0 Å². The maximum Gasteiger partial charge on any atom is 0.272 e. The van der Waals surface area contributed by atoms with Gasteiger partial charge in [-0.05, 0) is 19.3 Å². The Labute approximate surface area is 82.0 Å². The van der Waals surface area contributed by atoms with E-state index in [0.29, 0.717) is 6.61 Å². The van der Waals surface area contributed by atoms with Gasteiger partial charge in [-0.2, -0.15) is 0 Å². The summed E-state index contributed by atoms with van der Waals surface area (Å²) >= 11 is 0. The fourth-order valence-electron chi connectivity index (χ4n) is 1.26. The number of hydrogen-bond acceptors (Lipinski definition) is 3. The largest absolute Gasteiger partial charge is 0.390 e. The van der Waals surface area contributed by atoms with E-state index in [2.05, 4.69) is 0 Å². The molecular weight excluding hydrogens is 194 g/mol. The summed E-state index contributed by atoms with van der Waals surface area (Å²) in [7, 11) is 0. The Morgan fingerprint density at radius 2 is 2.21 bits per heavy atom. The molecule has 1 rings (SSSR count). The van der Waals surface area contributed by atoms with Crippen molar-refractivity contribution in [3.05, 3.63) is 0 Å². The van der Waals surface area contributed by atoms with Crippen LogP contribution < -0.4 is 0 Å². The monoisotopic (exact) mass is 210 g/mol. The highest BCUT2D eigenvalue weighted by Crippen LogP contribution is 2.19. The van der Waals surface area contributed by atoms with Gasteiger partial charge in [-0.25, -0.2) is 8.78 Å². The van der Waals surface area contributed by atoms with Crippen LogP contribution in [0.15, 0.2) is 0 Å². The normalized spacial score (nSPS) is 23.8. The average Bonchev–Trinajstić information content (AvgIpc) is 2.19. The van der Waals surface area contributed by atoms with Gasteiger partial charge in [0, 0.05) is 13.0 Å². The number of alkyl halides is 2. The molecule has 84 valence electrons. The van der Waals surface area contributed by atoms with Crippen molar-refractivity contribution in [2.75, 3.05) is 19.8 Å². The number of hydrogen-bond donors (Lipinski definition) is 1. The van der Waals surface area contributed by atoms with Gasteiger partial charge in [-0.3, -0.25) is 0 Å². The summed E-state index contributed by atoms with van der Waals surface area (Å²) in [6.45, 7) is -0.554. The minimum Gasteiger partial charge on any atom is -0.390 e. The number of aliphatic hydroxyl groups is 1. The van der Waals surface area contributed by atoms with Gasteiger partial charge in [0.15, 0.2) is 6.29 Å². The number of aliphatic hydroxyl groups excluding tert-OH is 1. The van der Waals surface area contributed by atoms with Crippen molar-refractivity contribution in [3.63, 3.8) is 0 Å². The van der Waals surface area contributed by atoms with Crippen molar-refractivity contribution in [3.8, 4) is 0 Å². The average molecular weight is 210 g/mol. The van der Waals surface area contributed by atoms with E-state index in [-0.39, 0.29) is 12.9 Å². The van der Waals surface area contributed by atoms with Gasteiger partial charge in [0.25, 0.3) is 5.92 Å². The van der Waals surface area contributed by atoms with Crippen LogP contribution in [0.2, 0.25) is 0 Å². The third-order valence-electron chi connectivity index (χ3n) is 2.14. The zero-order valence-electron chi connectivity index (χ0n) is 8.05. The summed E-state index contributed by atoms with van der Waals surface area (Å²) in [6.07, 6.45) is 2.00. The lowest BCUT2D eigenvalue weighted by Crippen LogP contribution is -2.27. The second-order valence-corrected chi connectivity index (χ2v) is 3.43. The molecule has 1 fully saturated rings. The van der Waals surface area contributed by atoms with Gasteiger partial charge in [0.05, 0.1) is 6.61 Å². The fourth-order valence-corrected chi connectivity index (χ4v) is 1.26. The van der Waals surface area contributed by atoms with Gasteiger partial charge in [-0.1, -0.05) is 0 Å². The highest BCUT2D eigenvalue weighted by Gasteiger charge is 2.27. The summed E-state index contributed by atoms with van der Waals surface area (Å²) in [5, 5.41) is 8.29. The van der Waals surface area contributed by atoms with Crippen LogP contribution in [-0.4, -0.2) is 37.1 Å². The van der Waals surface area contributed by atoms with Crippen molar-refractivity contribution < 1.29 is 23.4 Å². The van der Waals surface area contributed by atoms with Crippen molar-refractivity contribution in [2.45, 2.75) is 37.9 Å². The first-order valence-corrected chi connectivity index (χ1v) is 4.86. The third-order valence-corrected chi connectivity index (χ3v) is 2.14. The molecule has 0 spiro atoms. The molecule has 0 aromatic carbocycles. The Hall–Kier alpha value is -0.260. The lowest BCUT2D eigenvalue weighted by Gasteiger charge is -2.23. The minimum absolute atomic E-state index is 0.0712. The molecule has 0 amide bonds. The van der Waals surface area contributed by atoms with Gasteiger partial charge < -0.3 is 14.6 Å². The Morgan fingerprint density at radius 1 is 1.43 bits per heavy atom. The second-order valence-electron chi connectivity index (χ2n) is 3.43. The van der Waals surface area contributed by atoms with Crippen LogP contribution in [0, 0.1) is 0 Å². The van der Waals surface area contributed by atoms with Crippen LogP contribution in [-0.2, 0) is 9.47 Å². The summed E-state index contributed by atoms with van der Waals surface area (Å²) in [5.41, 5.74) is 0. The molecule has 1 atom stereocenters. The van der Waals surface area contributed by atoms with E-state index in [9.17, 15) is 8.78 Å². The van der Waals surface area contributed by atoms with E-state index in [1.807, 2.05) is 0 Å². The van der Waals surface area contributed by atoms with Crippen LogP contribution in [0.5, 0.6) is 0 Å². The molecule has 14 heavy (non-hydrogen) atoms. The molecular formula is C9H16F2O3. The third kappa shape index (κ3) is 4.30. The molecule has 1 N–H and O–H groups in total. The number of halogens is 2. The van der Waals surface area contributed by atoms with Crippen molar-refractivity contribution in [1.82, 2.24) is 0 Å². The zero-order valence-corrected chi connectivity index (χ0v) is 8.05. The van der Waals surface area contributed by atoms with Crippen molar-refractivity contribution in [2.24, 2.45) is 0 Å². The lowest BCUT2D eigenvalue weighted by molar-refractivity contribution is -0.174. The molecule has 0 aromatic heterocycles. The summed E-state index contributed by atoms with van der Waals surface area (Å²) in [6, 6.07) is 0. The van der Waals surface area contributed by atoms with E-state index in [1.54, 1.807) is 0 Å². The molecule has 1 saturated heterocycles. The first-order valence-electron chi connectivity index (χ1n) is 4.86. The minimum atomic E-state index is -3.03. The molecule has 0 aromatic rings.